The molecule has 0 fully saturated rings. The molecule has 3 rings (SSSR count). The van der Waals surface area contributed by atoms with Crippen molar-refractivity contribution < 1.29 is 28.5 Å². The molecule has 0 N–H and O–H groups in total. The maximum absolute atomic E-state index is 12.7. The number of aryl methyl sites for hydroxylation is 1. The van der Waals surface area contributed by atoms with E-state index in [4.69, 9.17) is 18.9 Å². The monoisotopic (exact) mass is 432 g/mol. The fourth-order valence-corrected chi connectivity index (χ4v) is 3.10. The molecule has 32 heavy (non-hydrogen) atoms. The third kappa shape index (κ3) is 5.16. The number of methoxy groups -OCH3 is 3. The Kier molecular flexibility index (Phi) is 7.29. The van der Waals surface area contributed by atoms with Gasteiger partial charge in [-0.05, 0) is 60.5 Å². The predicted octanol–water partition coefficient (Wildman–Crippen LogP) is 5.14. The Balaban J connectivity index is 1.80. The quantitative estimate of drug-likeness (QED) is 0.213. The molecule has 0 radical (unpaired) electrons. The van der Waals surface area contributed by atoms with Crippen LogP contribution in [-0.2, 0) is 0 Å². The smallest absolute Gasteiger partial charge is 0.343 e. The Morgan fingerprint density at radius 2 is 1.47 bits per heavy atom. The van der Waals surface area contributed by atoms with Gasteiger partial charge in [-0.3, -0.25) is 4.79 Å². The summed E-state index contributed by atoms with van der Waals surface area (Å²) in [5.41, 5.74) is 2.39. The minimum absolute atomic E-state index is 0.241. The Morgan fingerprint density at radius 1 is 0.750 bits per heavy atom. The van der Waals surface area contributed by atoms with Crippen LogP contribution in [0.25, 0.3) is 6.08 Å². The molecular formula is C26H24O6. The number of ketones is 1. The molecule has 0 amide bonds. The summed E-state index contributed by atoms with van der Waals surface area (Å²) in [5, 5.41) is 0. The first kappa shape index (κ1) is 22.6. The second-order valence-corrected chi connectivity index (χ2v) is 6.88. The van der Waals surface area contributed by atoms with Gasteiger partial charge in [0.15, 0.2) is 17.3 Å². The standard InChI is InChI=1S/C26H24O6/c1-17-7-5-6-8-20(17)26(28)32-24-13-10-18(15-25(24)31-4)9-12-22(27)21-16-19(29-2)11-14-23(21)30-3/h5-16H,1-4H3/b12-9+. The Hall–Kier alpha value is -4.06. The van der Waals surface area contributed by atoms with Gasteiger partial charge in [0.2, 0.25) is 0 Å². The maximum Gasteiger partial charge on any atom is 0.343 e. The van der Waals surface area contributed by atoms with Crippen LogP contribution in [0.15, 0.2) is 66.7 Å². The SMILES string of the molecule is COc1ccc(OC)c(C(=O)/C=C/c2ccc(OC(=O)c3ccccc3C)c(OC)c2)c1. The summed E-state index contributed by atoms with van der Waals surface area (Å²) in [6.07, 6.45) is 3.09. The zero-order valence-electron chi connectivity index (χ0n) is 18.4. The van der Waals surface area contributed by atoms with Crippen molar-refractivity contribution in [2.45, 2.75) is 6.92 Å². The summed E-state index contributed by atoms with van der Waals surface area (Å²) in [6.45, 7) is 1.84. The van der Waals surface area contributed by atoms with E-state index < -0.39 is 5.97 Å². The van der Waals surface area contributed by atoms with Gasteiger partial charge in [0.05, 0.1) is 32.5 Å². The molecule has 6 heteroatoms. The number of carbonyl (C=O) groups is 2. The first-order valence-corrected chi connectivity index (χ1v) is 9.87. The number of rotatable bonds is 8. The van der Waals surface area contributed by atoms with Crippen molar-refractivity contribution >= 4 is 17.8 Å². The van der Waals surface area contributed by atoms with Gasteiger partial charge in [0.1, 0.15) is 11.5 Å². The Labute approximate surface area is 187 Å². The number of ether oxygens (including phenoxy) is 4. The van der Waals surface area contributed by atoms with E-state index in [1.807, 2.05) is 19.1 Å². The molecular weight excluding hydrogens is 408 g/mol. The van der Waals surface area contributed by atoms with Crippen molar-refractivity contribution in [1.82, 2.24) is 0 Å². The van der Waals surface area contributed by atoms with Crippen molar-refractivity contribution in [2.24, 2.45) is 0 Å². The highest BCUT2D eigenvalue weighted by Gasteiger charge is 2.15. The van der Waals surface area contributed by atoms with E-state index in [0.29, 0.717) is 39.7 Å². The summed E-state index contributed by atoms with van der Waals surface area (Å²) >= 11 is 0. The van der Waals surface area contributed by atoms with Crippen LogP contribution in [0.2, 0.25) is 0 Å². The molecule has 0 saturated carbocycles. The van der Waals surface area contributed by atoms with E-state index in [0.717, 1.165) is 5.56 Å². The minimum Gasteiger partial charge on any atom is -0.497 e. The number of hydrogen-bond acceptors (Lipinski definition) is 6. The van der Waals surface area contributed by atoms with Gasteiger partial charge in [0, 0.05) is 0 Å². The zero-order valence-corrected chi connectivity index (χ0v) is 18.4. The second kappa shape index (κ2) is 10.3. The average molecular weight is 432 g/mol. The van der Waals surface area contributed by atoms with Crippen LogP contribution >= 0.6 is 0 Å². The molecule has 3 aromatic rings. The van der Waals surface area contributed by atoms with Crippen LogP contribution in [0.4, 0.5) is 0 Å². The van der Waals surface area contributed by atoms with Crippen LogP contribution in [0, 0.1) is 6.92 Å². The summed E-state index contributed by atoms with van der Waals surface area (Å²) in [7, 11) is 4.52. The number of hydrogen-bond donors (Lipinski definition) is 0. The highest BCUT2D eigenvalue weighted by molar-refractivity contribution is 6.09. The second-order valence-electron chi connectivity index (χ2n) is 6.88. The molecule has 0 aliphatic heterocycles. The number of allylic oxidation sites excluding steroid dienone is 1. The molecule has 0 unspecified atom stereocenters. The van der Waals surface area contributed by atoms with Crippen LogP contribution in [-0.4, -0.2) is 33.1 Å². The molecule has 0 bridgehead atoms. The largest absolute Gasteiger partial charge is 0.497 e. The lowest BCUT2D eigenvalue weighted by Crippen LogP contribution is -2.10. The number of benzene rings is 3. The zero-order chi connectivity index (χ0) is 23.1. The first-order chi connectivity index (χ1) is 15.5. The van der Waals surface area contributed by atoms with Crippen molar-refractivity contribution in [2.75, 3.05) is 21.3 Å². The van der Waals surface area contributed by atoms with E-state index in [-0.39, 0.29) is 5.78 Å². The summed E-state index contributed by atoms with van der Waals surface area (Å²) in [6, 6.07) is 17.3. The highest BCUT2D eigenvalue weighted by atomic mass is 16.6. The molecule has 0 atom stereocenters. The molecule has 0 spiro atoms. The van der Waals surface area contributed by atoms with Gasteiger partial charge in [0.25, 0.3) is 0 Å². The van der Waals surface area contributed by atoms with Gasteiger partial charge in [-0.1, -0.05) is 30.3 Å². The third-order valence-electron chi connectivity index (χ3n) is 4.85. The van der Waals surface area contributed by atoms with Crippen LogP contribution < -0.4 is 18.9 Å². The summed E-state index contributed by atoms with van der Waals surface area (Å²) in [4.78, 5) is 25.2. The minimum atomic E-state index is -0.468. The van der Waals surface area contributed by atoms with Gasteiger partial charge in [-0.25, -0.2) is 4.79 Å². The normalized spacial score (nSPS) is 10.6. The molecule has 3 aromatic carbocycles. The molecule has 6 nitrogen and oxygen atoms in total. The number of carbonyl (C=O) groups excluding carboxylic acids is 2. The van der Waals surface area contributed by atoms with E-state index in [1.54, 1.807) is 54.6 Å². The van der Waals surface area contributed by atoms with Crippen molar-refractivity contribution in [3.63, 3.8) is 0 Å². The third-order valence-corrected chi connectivity index (χ3v) is 4.85. The topological polar surface area (TPSA) is 71.1 Å². The molecule has 0 saturated heterocycles. The molecule has 0 heterocycles. The lowest BCUT2D eigenvalue weighted by molar-refractivity contribution is 0.0728. The van der Waals surface area contributed by atoms with Crippen molar-refractivity contribution in [3.05, 3.63) is 89.0 Å². The highest BCUT2D eigenvalue weighted by Crippen LogP contribution is 2.30. The molecule has 164 valence electrons. The van der Waals surface area contributed by atoms with Crippen LogP contribution in [0.5, 0.6) is 23.0 Å². The molecule has 0 aliphatic carbocycles. The van der Waals surface area contributed by atoms with Gasteiger partial charge in [-0.2, -0.15) is 0 Å². The Morgan fingerprint density at radius 3 is 2.16 bits per heavy atom. The van der Waals surface area contributed by atoms with Crippen LogP contribution in [0.3, 0.4) is 0 Å². The molecule has 0 aliphatic rings. The van der Waals surface area contributed by atoms with Crippen molar-refractivity contribution in [1.29, 1.82) is 0 Å². The first-order valence-electron chi connectivity index (χ1n) is 9.87. The Bertz CT molecular complexity index is 1160. The van der Waals surface area contributed by atoms with E-state index >= 15 is 0 Å². The molecule has 0 aromatic heterocycles. The average Bonchev–Trinajstić information content (AvgIpc) is 2.82. The maximum atomic E-state index is 12.7. The fourth-order valence-electron chi connectivity index (χ4n) is 3.10. The fraction of sp³-hybridized carbons (Fsp3) is 0.154. The van der Waals surface area contributed by atoms with Gasteiger partial charge < -0.3 is 18.9 Å². The van der Waals surface area contributed by atoms with E-state index in [9.17, 15) is 9.59 Å². The van der Waals surface area contributed by atoms with Gasteiger partial charge >= 0.3 is 5.97 Å². The van der Waals surface area contributed by atoms with E-state index in [2.05, 4.69) is 0 Å². The summed E-state index contributed by atoms with van der Waals surface area (Å²) < 4.78 is 21.4. The van der Waals surface area contributed by atoms with Gasteiger partial charge in [-0.15, -0.1) is 0 Å². The van der Waals surface area contributed by atoms with E-state index in [1.165, 1.54) is 27.4 Å². The lowest BCUT2D eigenvalue weighted by atomic mass is 10.1. The summed E-state index contributed by atoms with van der Waals surface area (Å²) in [5.74, 6) is 0.972. The predicted molar refractivity (Wildman–Crippen MR) is 122 cm³/mol. The number of esters is 1. The lowest BCUT2D eigenvalue weighted by Gasteiger charge is -2.11. The van der Waals surface area contributed by atoms with Crippen molar-refractivity contribution in [3.8, 4) is 23.0 Å². The van der Waals surface area contributed by atoms with Crippen LogP contribution in [0.1, 0.15) is 31.8 Å².